The van der Waals surface area contributed by atoms with Crippen molar-refractivity contribution >= 4 is 15.8 Å². The third-order valence-corrected chi connectivity index (χ3v) is 4.72. The molecule has 2 aromatic rings. The van der Waals surface area contributed by atoms with E-state index in [1.54, 1.807) is 19.1 Å². The highest BCUT2D eigenvalue weighted by molar-refractivity contribution is 7.89. The molecule has 0 heterocycles. The summed E-state index contributed by atoms with van der Waals surface area (Å²) >= 11 is 0. The van der Waals surface area contributed by atoms with Gasteiger partial charge in [-0.3, -0.25) is 4.79 Å². The first-order valence-electron chi connectivity index (χ1n) is 6.58. The van der Waals surface area contributed by atoms with Crippen LogP contribution < -0.4 is 4.72 Å². The minimum atomic E-state index is -3.67. The first kappa shape index (κ1) is 15.4. The molecule has 110 valence electrons. The summed E-state index contributed by atoms with van der Waals surface area (Å²) in [6.45, 7) is 3.19. The standard InChI is InChI=1S/C16H17NO3S/c1-12(14-7-4-3-5-8-14)17-21(19,20)16-10-6-9-15(11-16)13(2)18/h3-12,17H,1-2H3. The number of benzene rings is 2. The molecule has 0 radical (unpaired) electrons. The lowest BCUT2D eigenvalue weighted by Gasteiger charge is -2.15. The van der Waals surface area contributed by atoms with E-state index in [9.17, 15) is 13.2 Å². The number of Topliss-reactive ketones (excluding diaryl/α,β-unsaturated/α-hetero) is 1. The molecule has 0 saturated heterocycles. The molecule has 4 nitrogen and oxygen atoms in total. The molecule has 0 aliphatic carbocycles. The van der Waals surface area contributed by atoms with Gasteiger partial charge in [0, 0.05) is 11.6 Å². The molecule has 1 atom stereocenters. The predicted molar refractivity (Wildman–Crippen MR) is 81.6 cm³/mol. The number of nitrogens with one attached hydrogen (secondary N) is 1. The summed E-state index contributed by atoms with van der Waals surface area (Å²) in [6.07, 6.45) is 0. The molecule has 0 aromatic heterocycles. The Morgan fingerprint density at radius 3 is 2.33 bits per heavy atom. The largest absolute Gasteiger partial charge is 0.295 e. The Hall–Kier alpha value is -1.98. The molecule has 0 amide bonds. The molecular weight excluding hydrogens is 286 g/mol. The Balaban J connectivity index is 2.26. The van der Waals surface area contributed by atoms with E-state index >= 15 is 0 Å². The van der Waals surface area contributed by atoms with Gasteiger partial charge in [-0.1, -0.05) is 42.5 Å². The van der Waals surface area contributed by atoms with Crippen LogP contribution in [0, 0.1) is 0 Å². The number of carbonyl (C=O) groups is 1. The summed E-state index contributed by atoms with van der Waals surface area (Å²) in [5, 5.41) is 0. The summed E-state index contributed by atoms with van der Waals surface area (Å²) in [5.74, 6) is -0.164. The number of carbonyl (C=O) groups excluding carboxylic acids is 1. The van der Waals surface area contributed by atoms with Gasteiger partial charge in [-0.15, -0.1) is 0 Å². The summed E-state index contributed by atoms with van der Waals surface area (Å²) in [7, 11) is -3.67. The fraction of sp³-hybridized carbons (Fsp3) is 0.188. The molecule has 0 aliphatic heterocycles. The zero-order valence-electron chi connectivity index (χ0n) is 11.9. The molecule has 1 unspecified atom stereocenters. The Kier molecular flexibility index (Phi) is 4.55. The molecule has 0 bridgehead atoms. The molecule has 2 rings (SSSR count). The van der Waals surface area contributed by atoms with Gasteiger partial charge >= 0.3 is 0 Å². The quantitative estimate of drug-likeness (QED) is 0.864. The van der Waals surface area contributed by atoms with Crippen molar-refractivity contribution in [3.8, 4) is 0 Å². The number of sulfonamides is 1. The van der Waals surface area contributed by atoms with Gasteiger partial charge in [0.25, 0.3) is 0 Å². The second kappa shape index (κ2) is 6.20. The maximum Gasteiger partial charge on any atom is 0.241 e. The van der Waals surface area contributed by atoms with Crippen LogP contribution in [0.2, 0.25) is 0 Å². The van der Waals surface area contributed by atoms with Crippen LogP contribution in [-0.2, 0) is 10.0 Å². The molecule has 2 aromatic carbocycles. The van der Waals surface area contributed by atoms with Crippen LogP contribution in [0.3, 0.4) is 0 Å². The fourth-order valence-electron chi connectivity index (χ4n) is 1.99. The van der Waals surface area contributed by atoms with Crippen LogP contribution in [-0.4, -0.2) is 14.2 Å². The van der Waals surface area contributed by atoms with Gasteiger partial charge in [-0.05, 0) is 31.5 Å². The van der Waals surface area contributed by atoms with Crippen LogP contribution in [0.1, 0.15) is 35.8 Å². The van der Waals surface area contributed by atoms with E-state index in [2.05, 4.69) is 4.72 Å². The van der Waals surface area contributed by atoms with Crippen molar-refractivity contribution in [2.45, 2.75) is 24.8 Å². The maximum atomic E-state index is 12.4. The molecule has 1 N–H and O–H groups in total. The van der Waals surface area contributed by atoms with Gasteiger partial charge < -0.3 is 0 Å². The van der Waals surface area contributed by atoms with Crippen LogP contribution in [0.15, 0.2) is 59.5 Å². The lowest BCUT2D eigenvalue weighted by molar-refractivity contribution is 0.101. The van der Waals surface area contributed by atoms with Crippen molar-refractivity contribution < 1.29 is 13.2 Å². The number of rotatable bonds is 5. The van der Waals surface area contributed by atoms with Gasteiger partial charge in [-0.2, -0.15) is 0 Å². The summed E-state index contributed by atoms with van der Waals surface area (Å²) < 4.78 is 27.4. The van der Waals surface area contributed by atoms with E-state index in [0.717, 1.165) is 5.56 Å². The number of hydrogen-bond acceptors (Lipinski definition) is 3. The predicted octanol–water partition coefficient (Wildman–Crippen LogP) is 2.93. The highest BCUT2D eigenvalue weighted by Gasteiger charge is 2.19. The lowest BCUT2D eigenvalue weighted by Crippen LogP contribution is -2.27. The summed E-state index contributed by atoms with van der Waals surface area (Å²) in [4.78, 5) is 11.4. The van der Waals surface area contributed by atoms with Crippen LogP contribution >= 0.6 is 0 Å². The average molecular weight is 303 g/mol. The van der Waals surface area contributed by atoms with Crippen molar-refractivity contribution in [3.05, 3.63) is 65.7 Å². The highest BCUT2D eigenvalue weighted by Crippen LogP contribution is 2.17. The minimum Gasteiger partial charge on any atom is -0.295 e. The smallest absolute Gasteiger partial charge is 0.241 e. The molecule has 0 fully saturated rings. The van der Waals surface area contributed by atoms with E-state index < -0.39 is 10.0 Å². The Morgan fingerprint density at radius 1 is 1.05 bits per heavy atom. The van der Waals surface area contributed by atoms with Crippen molar-refractivity contribution in [2.24, 2.45) is 0 Å². The lowest BCUT2D eigenvalue weighted by atomic mass is 10.1. The average Bonchev–Trinajstić information content (AvgIpc) is 2.48. The van der Waals surface area contributed by atoms with E-state index in [4.69, 9.17) is 0 Å². The zero-order chi connectivity index (χ0) is 15.5. The second-order valence-corrected chi connectivity index (χ2v) is 6.55. The second-order valence-electron chi connectivity index (χ2n) is 4.84. The van der Waals surface area contributed by atoms with Crippen molar-refractivity contribution in [1.82, 2.24) is 4.72 Å². The van der Waals surface area contributed by atoms with Gasteiger partial charge in [0.05, 0.1) is 4.90 Å². The first-order valence-corrected chi connectivity index (χ1v) is 8.07. The fourth-order valence-corrected chi connectivity index (χ4v) is 3.27. The Labute approximate surface area is 124 Å². The third-order valence-electron chi connectivity index (χ3n) is 3.18. The van der Waals surface area contributed by atoms with Gasteiger partial charge in [-0.25, -0.2) is 13.1 Å². The zero-order valence-corrected chi connectivity index (χ0v) is 12.7. The molecular formula is C16H17NO3S. The molecule has 0 aliphatic rings. The van der Waals surface area contributed by atoms with Crippen molar-refractivity contribution in [2.75, 3.05) is 0 Å². The SMILES string of the molecule is CC(=O)c1cccc(S(=O)(=O)NC(C)c2ccccc2)c1. The van der Waals surface area contributed by atoms with Crippen molar-refractivity contribution in [1.29, 1.82) is 0 Å². The Morgan fingerprint density at radius 2 is 1.71 bits per heavy atom. The van der Waals surface area contributed by atoms with E-state index in [1.807, 2.05) is 30.3 Å². The van der Waals surface area contributed by atoms with Gasteiger partial charge in [0.2, 0.25) is 10.0 Å². The van der Waals surface area contributed by atoms with Gasteiger partial charge in [0.15, 0.2) is 5.78 Å². The topological polar surface area (TPSA) is 63.2 Å². The first-order chi connectivity index (χ1) is 9.90. The normalized spacial score (nSPS) is 12.9. The summed E-state index contributed by atoms with van der Waals surface area (Å²) in [6, 6.07) is 15.0. The van der Waals surface area contributed by atoms with Crippen LogP contribution in [0.4, 0.5) is 0 Å². The molecule has 5 heteroatoms. The Bertz CT molecular complexity index is 739. The molecule has 0 saturated carbocycles. The van der Waals surface area contributed by atoms with Crippen LogP contribution in [0.25, 0.3) is 0 Å². The summed E-state index contributed by atoms with van der Waals surface area (Å²) in [5.41, 5.74) is 1.26. The molecule has 0 spiro atoms. The maximum absolute atomic E-state index is 12.4. The van der Waals surface area contributed by atoms with Crippen molar-refractivity contribution in [3.63, 3.8) is 0 Å². The molecule has 21 heavy (non-hydrogen) atoms. The monoisotopic (exact) mass is 303 g/mol. The third kappa shape index (κ3) is 3.77. The number of ketones is 1. The minimum absolute atomic E-state index is 0.0954. The van der Waals surface area contributed by atoms with E-state index in [1.165, 1.54) is 19.1 Å². The van der Waals surface area contributed by atoms with Gasteiger partial charge in [0.1, 0.15) is 0 Å². The highest BCUT2D eigenvalue weighted by atomic mass is 32.2. The van der Waals surface area contributed by atoms with E-state index in [-0.39, 0.29) is 16.7 Å². The van der Waals surface area contributed by atoms with Crippen LogP contribution in [0.5, 0.6) is 0 Å². The number of hydrogen-bond donors (Lipinski definition) is 1. The van der Waals surface area contributed by atoms with E-state index in [0.29, 0.717) is 5.56 Å².